The second kappa shape index (κ2) is 16.2. The van der Waals surface area contributed by atoms with Gasteiger partial charge in [0.1, 0.15) is 0 Å². The lowest BCUT2D eigenvalue weighted by atomic mass is 9.71. The zero-order valence-corrected chi connectivity index (χ0v) is 26.1. The average molecular weight is 603 g/mol. The molecule has 6 heteroatoms. The second-order valence-electron chi connectivity index (χ2n) is 12.2. The molecule has 0 unspecified atom stereocenters. The van der Waals surface area contributed by atoms with E-state index in [1.807, 2.05) is 42.5 Å². The van der Waals surface area contributed by atoms with Crippen LogP contribution in [-0.4, -0.2) is 55.5 Å². The average Bonchev–Trinajstić information content (AvgIpc) is 3.10. The maximum absolute atomic E-state index is 13.1. The highest BCUT2D eigenvalue weighted by Gasteiger charge is 2.35. The molecule has 6 nitrogen and oxygen atoms in total. The number of rotatable bonds is 14. The summed E-state index contributed by atoms with van der Waals surface area (Å²) in [5, 5.41) is 5.91. The van der Waals surface area contributed by atoms with Crippen molar-refractivity contribution in [2.45, 2.75) is 49.5 Å². The Morgan fingerprint density at radius 3 is 1.87 bits per heavy atom. The standard InChI is InChI=1S/C39H46N4O2/c40-36(28-31-14-5-1-6-15-31)38(45)41-29-37(44)42-30-39(34-18-9-3-10-19-34,35-20-11-4-12-21-35)24-13-25-43-26-22-33(23-27-43)32-16-7-2-8-17-32/h1-12,14-21,33,36H,13,22-30,40H2,(H,41,45)(H,42,44)/t36-/m0/s1. The van der Waals surface area contributed by atoms with E-state index in [-0.39, 0.29) is 18.4 Å². The van der Waals surface area contributed by atoms with Crippen LogP contribution in [0.15, 0.2) is 121 Å². The zero-order chi connectivity index (χ0) is 31.3. The first-order valence-corrected chi connectivity index (χ1v) is 16.3. The van der Waals surface area contributed by atoms with Gasteiger partial charge in [-0.15, -0.1) is 0 Å². The van der Waals surface area contributed by atoms with Crippen LogP contribution in [-0.2, 0) is 21.4 Å². The predicted octanol–water partition coefficient (Wildman–Crippen LogP) is 5.43. The number of benzene rings is 4. The van der Waals surface area contributed by atoms with E-state index in [0.29, 0.717) is 18.9 Å². The van der Waals surface area contributed by atoms with Crippen molar-refractivity contribution in [1.29, 1.82) is 0 Å². The zero-order valence-electron chi connectivity index (χ0n) is 26.1. The van der Waals surface area contributed by atoms with Crippen molar-refractivity contribution in [1.82, 2.24) is 15.5 Å². The highest BCUT2D eigenvalue weighted by molar-refractivity contribution is 5.87. The van der Waals surface area contributed by atoms with Gasteiger partial charge in [0.2, 0.25) is 11.8 Å². The number of carbonyl (C=O) groups is 2. The quantitative estimate of drug-likeness (QED) is 0.180. The molecule has 1 aliphatic heterocycles. The summed E-state index contributed by atoms with van der Waals surface area (Å²) in [7, 11) is 0. The van der Waals surface area contributed by atoms with Gasteiger partial charge < -0.3 is 21.3 Å². The van der Waals surface area contributed by atoms with Crippen LogP contribution in [0.3, 0.4) is 0 Å². The van der Waals surface area contributed by atoms with E-state index in [9.17, 15) is 9.59 Å². The monoisotopic (exact) mass is 602 g/mol. The van der Waals surface area contributed by atoms with Gasteiger partial charge in [-0.1, -0.05) is 121 Å². The van der Waals surface area contributed by atoms with Gasteiger partial charge in [0.15, 0.2) is 0 Å². The van der Waals surface area contributed by atoms with Gasteiger partial charge in [-0.3, -0.25) is 9.59 Å². The van der Waals surface area contributed by atoms with Crippen LogP contribution in [0, 0.1) is 0 Å². The third-order valence-corrected chi connectivity index (χ3v) is 9.23. The summed E-state index contributed by atoms with van der Waals surface area (Å²) < 4.78 is 0. The Balaban J connectivity index is 1.21. The van der Waals surface area contributed by atoms with Crippen LogP contribution in [0.4, 0.5) is 0 Å². The number of nitrogens with one attached hydrogen (secondary N) is 2. The Morgan fingerprint density at radius 1 is 0.756 bits per heavy atom. The van der Waals surface area contributed by atoms with Gasteiger partial charge in [-0.05, 0) is 79.9 Å². The summed E-state index contributed by atoms with van der Waals surface area (Å²) >= 11 is 0. The van der Waals surface area contributed by atoms with E-state index in [0.717, 1.165) is 38.0 Å². The van der Waals surface area contributed by atoms with Gasteiger partial charge in [-0.25, -0.2) is 0 Å². The molecule has 0 saturated carbocycles. The summed E-state index contributed by atoms with van der Waals surface area (Å²) in [6, 6.07) is 40.8. The van der Waals surface area contributed by atoms with Crippen molar-refractivity contribution in [3.05, 3.63) is 144 Å². The van der Waals surface area contributed by atoms with Crippen molar-refractivity contribution >= 4 is 11.8 Å². The summed E-state index contributed by atoms with van der Waals surface area (Å²) in [5.74, 6) is 0.0793. The first-order chi connectivity index (χ1) is 22.0. The Labute approximate surface area is 268 Å². The van der Waals surface area contributed by atoms with Gasteiger partial charge in [0.25, 0.3) is 0 Å². The molecule has 4 aromatic carbocycles. The van der Waals surface area contributed by atoms with E-state index in [1.165, 1.54) is 29.5 Å². The Bertz CT molecular complexity index is 1420. The van der Waals surface area contributed by atoms with Gasteiger partial charge >= 0.3 is 0 Å². The minimum atomic E-state index is -0.717. The van der Waals surface area contributed by atoms with Crippen molar-refractivity contribution in [2.75, 3.05) is 32.7 Å². The van der Waals surface area contributed by atoms with Crippen molar-refractivity contribution in [3.63, 3.8) is 0 Å². The summed E-state index contributed by atoms with van der Waals surface area (Å²) in [4.78, 5) is 28.4. The number of amides is 2. The predicted molar refractivity (Wildman–Crippen MR) is 182 cm³/mol. The molecule has 4 aromatic rings. The van der Waals surface area contributed by atoms with Crippen LogP contribution in [0.1, 0.15) is 53.9 Å². The Kier molecular flexibility index (Phi) is 11.5. The molecule has 5 rings (SSSR count). The smallest absolute Gasteiger partial charge is 0.239 e. The fourth-order valence-electron chi connectivity index (χ4n) is 6.65. The first-order valence-electron chi connectivity index (χ1n) is 16.3. The molecule has 1 aliphatic rings. The molecule has 0 aliphatic carbocycles. The molecule has 1 atom stereocenters. The maximum Gasteiger partial charge on any atom is 0.239 e. The van der Waals surface area contributed by atoms with Crippen LogP contribution < -0.4 is 16.4 Å². The van der Waals surface area contributed by atoms with Crippen molar-refractivity contribution < 1.29 is 9.59 Å². The molecule has 2 amide bonds. The van der Waals surface area contributed by atoms with Gasteiger partial charge in [0.05, 0.1) is 12.6 Å². The fourth-order valence-corrected chi connectivity index (χ4v) is 6.65. The third-order valence-electron chi connectivity index (χ3n) is 9.23. The van der Waals surface area contributed by atoms with E-state index in [2.05, 4.69) is 94.4 Å². The lowest BCUT2D eigenvalue weighted by Crippen LogP contribution is -2.48. The van der Waals surface area contributed by atoms with E-state index >= 15 is 0 Å². The SMILES string of the molecule is N[C@@H](Cc1ccccc1)C(=O)NCC(=O)NCC(CCCN1CCC(c2ccccc2)CC1)(c1ccccc1)c1ccccc1. The molecular weight excluding hydrogens is 556 g/mol. The maximum atomic E-state index is 13.1. The normalized spacial score (nSPS) is 14.9. The third kappa shape index (κ3) is 8.90. The molecule has 0 spiro atoms. The van der Waals surface area contributed by atoms with Gasteiger partial charge in [0, 0.05) is 12.0 Å². The number of hydrogen-bond donors (Lipinski definition) is 3. The highest BCUT2D eigenvalue weighted by Crippen LogP contribution is 2.37. The van der Waals surface area contributed by atoms with Crippen molar-refractivity contribution in [3.8, 4) is 0 Å². The van der Waals surface area contributed by atoms with E-state index in [1.54, 1.807) is 0 Å². The molecular formula is C39H46N4O2. The Morgan fingerprint density at radius 2 is 1.29 bits per heavy atom. The molecule has 1 fully saturated rings. The second-order valence-corrected chi connectivity index (χ2v) is 12.2. The van der Waals surface area contributed by atoms with Crippen LogP contribution in [0.5, 0.6) is 0 Å². The molecule has 4 N–H and O–H groups in total. The van der Waals surface area contributed by atoms with E-state index < -0.39 is 11.5 Å². The summed E-state index contributed by atoms with van der Waals surface area (Å²) in [6.07, 6.45) is 4.67. The van der Waals surface area contributed by atoms with Gasteiger partial charge in [-0.2, -0.15) is 0 Å². The van der Waals surface area contributed by atoms with E-state index in [4.69, 9.17) is 5.73 Å². The minimum Gasteiger partial charge on any atom is -0.353 e. The molecule has 234 valence electrons. The lowest BCUT2D eigenvalue weighted by Gasteiger charge is -2.37. The summed E-state index contributed by atoms with van der Waals surface area (Å²) in [5.41, 5.74) is 10.5. The summed E-state index contributed by atoms with van der Waals surface area (Å²) in [6.45, 7) is 3.55. The lowest BCUT2D eigenvalue weighted by molar-refractivity contribution is -0.126. The molecule has 1 heterocycles. The van der Waals surface area contributed by atoms with Crippen LogP contribution in [0.25, 0.3) is 0 Å². The molecule has 45 heavy (non-hydrogen) atoms. The Hall–Kier alpha value is -4.26. The number of hydrogen-bond acceptors (Lipinski definition) is 4. The fraction of sp³-hybridized carbons (Fsp3) is 0.333. The number of piperidine rings is 1. The van der Waals surface area contributed by atoms with Crippen molar-refractivity contribution in [2.24, 2.45) is 5.73 Å². The molecule has 0 bridgehead atoms. The largest absolute Gasteiger partial charge is 0.353 e. The van der Waals surface area contributed by atoms with Crippen LogP contribution >= 0.6 is 0 Å². The minimum absolute atomic E-state index is 0.114. The highest BCUT2D eigenvalue weighted by atomic mass is 16.2. The molecule has 0 aromatic heterocycles. The molecule has 1 saturated heterocycles. The molecule has 0 radical (unpaired) electrons. The topological polar surface area (TPSA) is 87.5 Å². The number of nitrogens with two attached hydrogens (primary N) is 1. The van der Waals surface area contributed by atoms with Crippen LogP contribution in [0.2, 0.25) is 0 Å². The number of likely N-dealkylation sites (tertiary alicyclic amines) is 1. The number of carbonyl (C=O) groups excluding carboxylic acids is 2. The first kappa shape index (κ1) is 32.1. The number of nitrogens with zero attached hydrogens (tertiary/aromatic N) is 1.